The smallest absolute Gasteiger partial charge is 0.165 e. The Morgan fingerprint density at radius 2 is 1.00 bits per heavy atom. The van der Waals surface area contributed by atoms with Crippen molar-refractivity contribution in [3.05, 3.63) is 47.5 Å². The van der Waals surface area contributed by atoms with Crippen LogP contribution in [0, 0.1) is 0 Å². The van der Waals surface area contributed by atoms with E-state index in [0.29, 0.717) is 0 Å². The molecule has 0 spiro atoms. The van der Waals surface area contributed by atoms with Gasteiger partial charge in [-0.15, -0.1) is 0 Å². The standard InChI is InChI=1S/C22H30N2O4/c1-25-19-9-5-7-17(21(19)27-3)15-23-11-13-24(14-12-23)16-18-8-6-10-20(26-2)22(18)28-4/h5-10H,11-16H2,1-4H3. The average molecular weight is 386 g/mol. The van der Waals surface area contributed by atoms with E-state index in [1.165, 1.54) is 0 Å². The molecule has 1 fully saturated rings. The SMILES string of the molecule is COc1cccc(CN2CCN(Cc3cccc(OC)c3OC)CC2)c1OC. The molecule has 3 rings (SSSR count). The van der Waals surface area contributed by atoms with E-state index in [-0.39, 0.29) is 0 Å². The topological polar surface area (TPSA) is 43.4 Å². The molecule has 1 heterocycles. The Balaban J connectivity index is 1.60. The molecule has 0 aromatic heterocycles. The van der Waals surface area contributed by atoms with Gasteiger partial charge in [-0.25, -0.2) is 0 Å². The van der Waals surface area contributed by atoms with Crippen LogP contribution < -0.4 is 18.9 Å². The number of nitrogens with zero attached hydrogens (tertiary/aromatic N) is 2. The molecular formula is C22H30N2O4. The zero-order valence-corrected chi connectivity index (χ0v) is 17.2. The number of hydrogen-bond acceptors (Lipinski definition) is 6. The summed E-state index contributed by atoms with van der Waals surface area (Å²) in [6.07, 6.45) is 0. The molecule has 1 aliphatic rings. The van der Waals surface area contributed by atoms with Crippen molar-refractivity contribution >= 4 is 0 Å². The van der Waals surface area contributed by atoms with Gasteiger partial charge in [0.1, 0.15) is 0 Å². The van der Waals surface area contributed by atoms with Crippen molar-refractivity contribution in [2.45, 2.75) is 13.1 Å². The molecule has 1 aliphatic heterocycles. The van der Waals surface area contributed by atoms with Crippen LogP contribution >= 0.6 is 0 Å². The summed E-state index contributed by atoms with van der Waals surface area (Å²) >= 11 is 0. The maximum Gasteiger partial charge on any atom is 0.165 e. The highest BCUT2D eigenvalue weighted by molar-refractivity contribution is 5.47. The third-order valence-corrected chi connectivity index (χ3v) is 5.22. The van der Waals surface area contributed by atoms with Crippen molar-refractivity contribution in [3.63, 3.8) is 0 Å². The number of para-hydroxylation sites is 2. The lowest BCUT2D eigenvalue weighted by Crippen LogP contribution is -2.45. The van der Waals surface area contributed by atoms with Gasteiger partial charge < -0.3 is 18.9 Å². The summed E-state index contributed by atoms with van der Waals surface area (Å²) in [4.78, 5) is 4.91. The lowest BCUT2D eigenvalue weighted by atomic mass is 10.1. The molecule has 0 saturated carbocycles. The lowest BCUT2D eigenvalue weighted by Gasteiger charge is -2.35. The number of rotatable bonds is 8. The van der Waals surface area contributed by atoms with Gasteiger partial charge in [-0.3, -0.25) is 9.80 Å². The van der Waals surface area contributed by atoms with Crippen LogP contribution in [0.3, 0.4) is 0 Å². The zero-order chi connectivity index (χ0) is 19.9. The second-order valence-electron chi connectivity index (χ2n) is 6.86. The Kier molecular flexibility index (Phi) is 7.01. The zero-order valence-electron chi connectivity index (χ0n) is 17.2. The fraction of sp³-hybridized carbons (Fsp3) is 0.455. The Morgan fingerprint density at radius 3 is 1.32 bits per heavy atom. The Labute approximate surface area is 167 Å². The van der Waals surface area contributed by atoms with E-state index >= 15 is 0 Å². The molecule has 6 nitrogen and oxygen atoms in total. The van der Waals surface area contributed by atoms with Crippen LogP contribution in [0.2, 0.25) is 0 Å². The van der Waals surface area contributed by atoms with Crippen molar-refractivity contribution in [2.75, 3.05) is 54.6 Å². The van der Waals surface area contributed by atoms with E-state index in [0.717, 1.165) is 73.4 Å². The second-order valence-corrected chi connectivity index (χ2v) is 6.86. The first-order valence-corrected chi connectivity index (χ1v) is 9.54. The summed E-state index contributed by atoms with van der Waals surface area (Å²) in [5.74, 6) is 3.22. The van der Waals surface area contributed by atoms with Gasteiger partial charge in [0.25, 0.3) is 0 Å². The van der Waals surface area contributed by atoms with Gasteiger partial charge in [0, 0.05) is 50.4 Å². The number of hydrogen-bond donors (Lipinski definition) is 0. The van der Waals surface area contributed by atoms with E-state index in [2.05, 4.69) is 21.9 Å². The third kappa shape index (κ3) is 4.51. The fourth-order valence-electron chi connectivity index (χ4n) is 3.74. The van der Waals surface area contributed by atoms with Crippen molar-refractivity contribution in [1.82, 2.24) is 9.80 Å². The minimum atomic E-state index is 0.781. The van der Waals surface area contributed by atoms with Crippen LogP contribution in [0.15, 0.2) is 36.4 Å². The Morgan fingerprint density at radius 1 is 0.607 bits per heavy atom. The van der Waals surface area contributed by atoms with Gasteiger partial charge in [0.2, 0.25) is 0 Å². The van der Waals surface area contributed by atoms with Crippen LogP contribution in [0.5, 0.6) is 23.0 Å². The first-order valence-electron chi connectivity index (χ1n) is 9.54. The van der Waals surface area contributed by atoms with Gasteiger partial charge in [0.05, 0.1) is 28.4 Å². The predicted molar refractivity (Wildman–Crippen MR) is 110 cm³/mol. The molecule has 152 valence electrons. The van der Waals surface area contributed by atoms with Gasteiger partial charge in [-0.1, -0.05) is 24.3 Å². The van der Waals surface area contributed by atoms with Crippen molar-refractivity contribution < 1.29 is 18.9 Å². The van der Waals surface area contributed by atoms with E-state index in [4.69, 9.17) is 18.9 Å². The summed E-state index contributed by atoms with van der Waals surface area (Å²) in [5.41, 5.74) is 2.31. The number of ether oxygens (including phenoxy) is 4. The van der Waals surface area contributed by atoms with Gasteiger partial charge in [-0.2, -0.15) is 0 Å². The van der Waals surface area contributed by atoms with E-state index in [9.17, 15) is 0 Å². The van der Waals surface area contributed by atoms with Crippen molar-refractivity contribution in [2.24, 2.45) is 0 Å². The van der Waals surface area contributed by atoms with Crippen molar-refractivity contribution in [3.8, 4) is 23.0 Å². The molecule has 6 heteroatoms. The van der Waals surface area contributed by atoms with Gasteiger partial charge >= 0.3 is 0 Å². The highest BCUT2D eigenvalue weighted by atomic mass is 16.5. The average Bonchev–Trinajstić information content (AvgIpc) is 2.74. The van der Waals surface area contributed by atoms with Gasteiger partial charge in [-0.05, 0) is 12.1 Å². The molecule has 1 saturated heterocycles. The van der Waals surface area contributed by atoms with Gasteiger partial charge in [0.15, 0.2) is 23.0 Å². The quantitative estimate of drug-likeness (QED) is 0.695. The first kappa shape index (κ1) is 20.3. The number of methoxy groups -OCH3 is 4. The lowest BCUT2D eigenvalue weighted by molar-refractivity contribution is 0.120. The molecule has 0 unspecified atom stereocenters. The summed E-state index contributed by atoms with van der Waals surface area (Å²) in [6.45, 7) is 5.74. The fourth-order valence-corrected chi connectivity index (χ4v) is 3.74. The molecule has 0 radical (unpaired) electrons. The third-order valence-electron chi connectivity index (χ3n) is 5.22. The van der Waals surface area contributed by atoms with Crippen LogP contribution in [0.25, 0.3) is 0 Å². The van der Waals surface area contributed by atoms with Crippen LogP contribution in [-0.2, 0) is 13.1 Å². The first-order chi connectivity index (χ1) is 13.7. The molecule has 0 bridgehead atoms. The Hall–Kier alpha value is -2.44. The monoisotopic (exact) mass is 386 g/mol. The predicted octanol–water partition coefficient (Wildman–Crippen LogP) is 3.04. The van der Waals surface area contributed by atoms with Crippen LogP contribution in [0.1, 0.15) is 11.1 Å². The van der Waals surface area contributed by atoms with Crippen LogP contribution in [-0.4, -0.2) is 64.4 Å². The molecule has 2 aromatic rings. The molecule has 28 heavy (non-hydrogen) atoms. The summed E-state index contributed by atoms with van der Waals surface area (Å²) in [5, 5.41) is 0. The maximum absolute atomic E-state index is 5.57. The largest absolute Gasteiger partial charge is 0.493 e. The second kappa shape index (κ2) is 9.66. The highest BCUT2D eigenvalue weighted by Crippen LogP contribution is 2.33. The van der Waals surface area contributed by atoms with Crippen LogP contribution in [0.4, 0.5) is 0 Å². The van der Waals surface area contributed by atoms with E-state index in [1.807, 2.05) is 24.3 Å². The van der Waals surface area contributed by atoms with E-state index < -0.39 is 0 Å². The minimum Gasteiger partial charge on any atom is -0.493 e. The molecular weight excluding hydrogens is 356 g/mol. The molecule has 0 N–H and O–H groups in total. The summed E-state index contributed by atoms with van der Waals surface area (Å²) in [6, 6.07) is 12.1. The molecule has 2 aromatic carbocycles. The summed E-state index contributed by atoms with van der Waals surface area (Å²) in [7, 11) is 6.74. The van der Waals surface area contributed by atoms with Crippen molar-refractivity contribution in [1.29, 1.82) is 0 Å². The van der Waals surface area contributed by atoms with E-state index in [1.54, 1.807) is 28.4 Å². The minimum absolute atomic E-state index is 0.781. The number of benzene rings is 2. The number of piperazine rings is 1. The molecule has 0 aliphatic carbocycles. The molecule has 0 amide bonds. The summed E-state index contributed by atoms with van der Waals surface area (Å²) < 4.78 is 22.0. The normalized spacial score (nSPS) is 15.3. The highest BCUT2D eigenvalue weighted by Gasteiger charge is 2.21. The maximum atomic E-state index is 5.57. The molecule has 0 atom stereocenters. The Bertz CT molecular complexity index is 708.